The highest BCUT2D eigenvalue weighted by Crippen LogP contribution is 2.28. The van der Waals surface area contributed by atoms with Crippen LogP contribution in [0.3, 0.4) is 0 Å². The maximum absolute atomic E-state index is 13.3. The van der Waals surface area contributed by atoms with Crippen molar-refractivity contribution in [3.05, 3.63) is 33.9 Å². The number of nitrogens with zero attached hydrogens (tertiary/aromatic N) is 1. The Labute approximate surface area is 94.6 Å². The summed E-state index contributed by atoms with van der Waals surface area (Å²) in [6.07, 6.45) is -0.117. The van der Waals surface area contributed by atoms with Crippen LogP contribution >= 0.6 is 0 Å². The van der Waals surface area contributed by atoms with E-state index in [-0.39, 0.29) is 13.0 Å². The number of hydrogen-bond donors (Lipinski definition) is 2. The van der Waals surface area contributed by atoms with E-state index in [1.54, 1.807) is 0 Å². The van der Waals surface area contributed by atoms with Crippen molar-refractivity contribution in [1.82, 2.24) is 0 Å². The molecule has 0 heterocycles. The lowest BCUT2D eigenvalue weighted by Gasteiger charge is -2.06. The predicted molar refractivity (Wildman–Crippen MR) is 55.3 cm³/mol. The number of anilines is 1. The molecule has 1 aromatic rings. The molecule has 0 spiro atoms. The first-order valence-corrected chi connectivity index (χ1v) is 4.59. The number of rotatable bonds is 4. The Morgan fingerprint density at radius 3 is 2.65 bits per heavy atom. The van der Waals surface area contributed by atoms with Crippen LogP contribution in [0.5, 0.6) is 0 Å². The van der Waals surface area contributed by atoms with E-state index in [4.69, 9.17) is 5.73 Å². The van der Waals surface area contributed by atoms with Crippen LogP contribution in [0, 0.1) is 21.7 Å². The van der Waals surface area contributed by atoms with Gasteiger partial charge in [-0.3, -0.25) is 14.9 Å². The minimum atomic E-state index is -1.21. The fraction of sp³-hybridized carbons (Fsp3) is 0.222. The fourth-order valence-electron chi connectivity index (χ4n) is 1.16. The smallest absolute Gasteiger partial charge is 0.298 e. The molecule has 0 saturated heterocycles. The van der Waals surface area contributed by atoms with Crippen molar-refractivity contribution in [2.45, 2.75) is 6.42 Å². The number of hydrogen-bond acceptors (Lipinski definition) is 4. The molecule has 92 valence electrons. The summed E-state index contributed by atoms with van der Waals surface area (Å²) < 4.78 is 26.1. The normalized spacial score (nSPS) is 10.1. The molecule has 0 aliphatic heterocycles. The Balaban J connectivity index is 3.12. The van der Waals surface area contributed by atoms with Crippen LogP contribution in [-0.4, -0.2) is 17.4 Å². The van der Waals surface area contributed by atoms with Gasteiger partial charge < -0.3 is 11.1 Å². The summed E-state index contributed by atoms with van der Waals surface area (Å²) in [7, 11) is 0. The van der Waals surface area contributed by atoms with E-state index in [0.717, 1.165) is 0 Å². The van der Waals surface area contributed by atoms with Crippen LogP contribution in [-0.2, 0) is 4.79 Å². The molecule has 1 rings (SSSR count). The summed E-state index contributed by atoms with van der Waals surface area (Å²) in [5.41, 5.74) is 3.60. The third-order valence-corrected chi connectivity index (χ3v) is 1.87. The molecule has 0 fully saturated rings. The Morgan fingerprint density at radius 2 is 2.12 bits per heavy atom. The monoisotopic (exact) mass is 245 g/mol. The lowest BCUT2D eigenvalue weighted by Crippen LogP contribution is -2.18. The number of nitro groups is 1. The largest absolute Gasteiger partial charge is 0.330 e. The van der Waals surface area contributed by atoms with Crippen molar-refractivity contribution < 1.29 is 18.5 Å². The molecule has 1 aromatic carbocycles. The maximum atomic E-state index is 13.3. The van der Waals surface area contributed by atoms with Crippen molar-refractivity contribution in [3.63, 3.8) is 0 Å². The van der Waals surface area contributed by atoms with Gasteiger partial charge in [-0.1, -0.05) is 0 Å². The van der Waals surface area contributed by atoms with Crippen molar-refractivity contribution in [3.8, 4) is 0 Å². The van der Waals surface area contributed by atoms with Gasteiger partial charge in [0.15, 0.2) is 11.5 Å². The SMILES string of the molecule is NCCC(=O)Nc1c(F)cc(F)cc1[N+](=O)[O-]. The summed E-state index contributed by atoms with van der Waals surface area (Å²) in [6, 6.07) is 0.978. The zero-order valence-electron chi connectivity index (χ0n) is 8.57. The van der Waals surface area contributed by atoms with Gasteiger partial charge in [0.2, 0.25) is 5.91 Å². The highest BCUT2D eigenvalue weighted by molar-refractivity contribution is 5.93. The zero-order valence-corrected chi connectivity index (χ0v) is 8.57. The average Bonchev–Trinajstić information content (AvgIpc) is 2.21. The van der Waals surface area contributed by atoms with Gasteiger partial charge in [0.25, 0.3) is 5.69 Å². The van der Waals surface area contributed by atoms with Crippen LogP contribution in [0.25, 0.3) is 0 Å². The van der Waals surface area contributed by atoms with Gasteiger partial charge in [-0.2, -0.15) is 0 Å². The highest BCUT2D eigenvalue weighted by Gasteiger charge is 2.21. The Kier molecular flexibility index (Phi) is 4.05. The fourth-order valence-corrected chi connectivity index (χ4v) is 1.16. The molecule has 3 N–H and O–H groups in total. The Bertz CT molecular complexity index is 465. The number of halogens is 2. The molecule has 0 atom stereocenters. The standard InChI is InChI=1S/C9H9F2N3O3/c10-5-3-6(11)9(7(4-5)14(16)17)13-8(15)1-2-12/h3-4H,1-2,12H2,(H,13,15). The summed E-state index contributed by atoms with van der Waals surface area (Å²) in [4.78, 5) is 20.7. The second-order valence-corrected chi connectivity index (χ2v) is 3.13. The lowest BCUT2D eigenvalue weighted by atomic mass is 10.2. The van der Waals surface area contributed by atoms with Gasteiger partial charge >= 0.3 is 0 Å². The van der Waals surface area contributed by atoms with Gasteiger partial charge in [0, 0.05) is 19.0 Å². The van der Waals surface area contributed by atoms with E-state index >= 15 is 0 Å². The molecule has 0 aliphatic carbocycles. The number of carbonyl (C=O) groups excluding carboxylic acids is 1. The first kappa shape index (κ1) is 13.0. The number of amides is 1. The van der Waals surface area contributed by atoms with E-state index in [9.17, 15) is 23.7 Å². The van der Waals surface area contributed by atoms with Crippen LogP contribution < -0.4 is 11.1 Å². The minimum absolute atomic E-state index is 0.0163. The Morgan fingerprint density at radius 1 is 1.47 bits per heavy atom. The predicted octanol–water partition coefficient (Wildman–Crippen LogP) is 1.16. The molecular weight excluding hydrogens is 236 g/mol. The number of nitrogens with two attached hydrogens (primary N) is 1. The number of benzene rings is 1. The van der Waals surface area contributed by atoms with Crippen LogP contribution in [0.1, 0.15) is 6.42 Å². The number of nitro benzene ring substituents is 1. The van der Waals surface area contributed by atoms with Gasteiger partial charge in [-0.25, -0.2) is 8.78 Å². The van der Waals surface area contributed by atoms with Crippen molar-refractivity contribution in [1.29, 1.82) is 0 Å². The van der Waals surface area contributed by atoms with Gasteiger partial charge in [0.05, 0.1) is 11.0 Å². The lowest BCUT2D eigenvalue weighted by molar-refractivity contribution is -0.384. The van der Waals surface area contributed by atoms with E-state index < -0.39 is 33.8 Å². The summed E-state index contributed by atoms with van der Waals surface area (Å²) in [6.45, 7) is 0.0163. The molecule has 0 radical (unpaired) electrons. The van der Waals surface area contributed by atoms with Crippen LogP contribution in [0.15, 0.2) is 12.1 Å². The molecule has 17 heavy (non-hydrogen) atoms. The second kappa shape index (κ2) is 5.30. The van der Waals surface area contributed by atoms with Crippen molar-refractivity contribution in [2.24, 2.45) is 5.73 Å². The molecule has 8 heteroatoms. The van der Waals surface area contributed by atoms with E-state index in [1.165, 1.54) is 0 Å². The molecule has 1 amide bonds. The summed E-state index contributed by atoms with van der Waals surface area (Å²) in [5.74, 6) is -2.98. The van der Waals surface area contributed by atoms with E-state index in [1.807, 2.05) is 5.32 Å². The Hall–Kier alpha value is -2.09. The first-order valence-electron chi connectivity index (χ1n) is 4.59. The van der Waals surface area contributed by atoms with E-state index in [2.05, 4.69) is 0 Å². The number of carbonyl (C=O) groups is 1. The molecule has 0 bridgehead atoms. The third kappa shape index (κ3) is 3.18. The van der Waals surface area contributed by atoms with Crippen LogP contribution in [0.2, 0.25) is 0 Å². The second-order valence-electron chi connectivity index (χ2n) is 3.13. The maximum Gasteiger partial charge on any atom is 0.298 e. The molecule has 0 aliphatic rings. The third-order valence-electron chi connectivity index (χ3n) is 1.87. The minimum Gasteiger partial charge on any atom is -0.330 e. The quantitative estimate of drug-likeness (QED) is 0.614. The zero-order chi connectivity index (χ0) is 13.0. The average molecular weight is 245 g/mol. The van der Waals surface area contributed by atoms with Gasteiger partial charge in [-0.15, -0.1) is 0 Å². The number of nitrogens with one attached hydrogen (secondary N) is 1. The molecule has 0 saturated carbocycles. The van der Waals surface area contributed by atoms with E-state index in [0.29, 0.717) is 12.1 Å². The first-order chi connectivity index (χ1) is 7.95. The van der Waals surface area contributed by atoms with Crippen molar-refractivity contribution >= 4 is 17.3 Å². The summed E-state index contributed by atoms with van der Waals surface area (Å²) in [5, 5.41) is 12.5. The van der Waals surface area contributed by atoms with Crippen LogP contribution in [0.4, 0.5) is 20.2 Å². The molecule has 6 nitrogen and oxygen atoms in total. The van der Waals surface area contributed by atoms with Gasteiger partial charge in [-0.05, 0) is 0 Å². The molecule has 0 aromatic heterocycles. The molecular formula is C9H9F2N3O3. The topological polar surface area (TPSA) is 98.3 Å². The van der Waals surface area contributed by atoms with Crippen molar-refractivity contribution in [2.75, 3.05) is 11.9 Å². The highest BCUT2D eigenvalue weighted by atomic mass is 19.1. The van der Waals surface area contributed by atoms with Gasteiger partial charge in [0.1, 0.15) is 5.82 Å². The molecule has 0 unspecified atom stereocenters. The summed E-state index contributed by atoms with van der Waals surface area (Å²) >= 11 is 0.